The second kappa shape index (κ2) is 6.95. The number of methoxy groups -OCH3 is 1. The summed E-state index contributed by atoms with van der Waals surface area (Å²) in [7, 11) is 1.56. The molecule has 0 unspecified atom stereocenters. The first-order valence-corrected chi connectivity index (χ1v) is 10.3. The predicted molar refractivity (Wildman–Crippen MR) is 107 cm³/mol. The molecule has 5 rings (SSSR count). The van der Waals surface area contributed by atoms with E-state index in [0.29, 0.717) is 11.4 Å². The number of anilines is 1. The van der Waals surface area contributed by atoms with Crippen molar-refractivity contribution in [3.63, 3.8) is 0 Å². The van der Waals surface area contributed by atoms with Gasteiger partial charge in [-0.1, -0.05) is 12.8 Å². The van der Waals surface area contributed by atoms with E-state index in [2.05, 4.69) is 15.2 Å². The van der Waals surface area contributed by atoms with E-state index in [9.17, 15) is 4.79 Å². The Hall–Kier alpha value is -2.28. The van der Waals surface area contributed by atoms with Gasteiger partial charge in [0.05, 0.1) is 31.4 Å². The van der Waals surface area contributed by atoms with Crippen molar-refractivity contribution in [2.75, 3.05) is 44.9 Å². The zero-order valence-electron chi connectivity index (χ0n) is 16.4. The van der Waals surface area contributed by atoms with Crippen LogP contribution in [-0.4, -0.2) is 55.5 Å². The summed E-state index contributed by atoms with van der Waals surface area (Å²) in [5.74, 6) is 0.890. The maximum atomic E-state index is 13.0. The largest absolute Gasteiger partial charge is 0.468 e. The minimum atomic E-state index is -0.152. The van der Waals surface area contributed by atoms with Gasteiger partial charge in [0, 0.05) is 25.3 Å². The number of aromatic nitrogens is 2. The first kappa shape index (κ1) is 17.8. The molecular weight excluding hydrogens is 356 g/mol. The molecule has 2 heterocycles. The van der Waals surface area contributed by atoms with Gasteiger partial charge in [-0.05, 0) is 48.8 Å². The molecule has 2 aromatic rings. The highest BCUT2D eigenvalue weighted by Crippen LogP contribution is 2.54. The van der Waals surface area contributed by atoms with Gasteiger partial charge in [0.2, 0.25) is 0 Å². The van der Waals surface area contributed by atoms with E-state index < -0.39 is 0 Å². The van der Waals surface area contributed by atoms with Gasteiger partial charge in [0.1, 0.15) is 0 Å². The molecule has 0 bridgehead atoms. The Balaban J connectivity index is 1.36. The summed E-state index contributed by atoms with van der Waals surface area (Å²) in [5.41, 5.74) is 2.99. The van der Waals surface area contributed by atoms with Crippen molar-refractivity contribution >= 4 is 22.8 Å². The van der Waals surface area contributed by atoms with Gasteiger partial charge in [-0.3, -0.25) is 0 Å². The molecule has 1 aliphatic heterocycles. The van der Waals surface area contributed by atoms with E-state index in [4.69, 9.17) is 9.47 Å². The van der Waals surface area contributed by atoms with Crippen LogP contribution in [0.1, 0.15) is 32.1 Å². The molecule has 0 atom stereocenters. The van der Waals surface area contributed by atoms with Gasteiger partial charge in [-0.2, -0.15) is 4.98 Å². The lowest BCUT2D eigenvalue weighted by atomic mass is 9.99. The van der Waals surface area contributed by atoms with Crippen LogP contribution in [-0.2, 0) is 4.74 Å². The maximum absolute atomic E-state index is 13.0. The van der Waals surface area contributed by atoms with E-state index in [1.54, 1.807) is 11.7 Å². The summed E-state index contributed by atoms with van der Waals surface area (Å²) in [6, 6.07) is 6.22. The average Bonchev–Trinajstić information content (AvgIpc) is 3.66. The lowest BCUT2D eigenvalue weighted by Gasteiger charge is -2.28. The third kappa shape index (κ3) is 3.43. The van der Waals surface area contributed by atoms with E-state index in [-0.39, 0.29) is 6.03 Å². The molecule has 0 radical (unpaired) electrons. The predicted octanol–water partition coefficient (Wildman–Crippen LogP) is 3.02. The molecule has 28 heavy (non-hydrogen) atoms. The fourth-order valence-corrected chi connectivity index (χ4v) is 4.30. The zero-order valence-corrected chi connectivity index (χ0v) is 16.4. The average molecular weight is 384 g/mol. The van der Waals surface area contributed by atoms with Gasteiger partial charge in [-0.25, -0.2) is 9.36 Å². The fraction of sp³-hybridized carbons (Fsp3) is 0.619. The van der Waals surface area contributed by atoms with Crippen LogP contribution in [0.3, 0.4) is 0 Å². The van der Waals surface area contributed by atoms with Crippen molar-refractivity contribution in [3.05, 3.63) is 18.2 Å². The smallest absolute Gasteiger partial charge is 0.330 e. The number of hydrogen-bond donors (Lipinski definition) is 1. The van der Waals surface area contributed by atoms with Gasteiger partial charge in [-0.15, -0.1) is 0 Å². The highest BCUT2D eigenvalue weighted by molar-refractivity contribution is 5.92. The SMILES string of the molecule is COc1nc2cc(N3CCOCC3)ccc2n1C(=O)NCC1(CC2CC2)CC1. The molecule has 7 nitrogen and oxygen atoms in total. The molecule has 2 aliphatic carbocycles. The Morgan fingerprint density at radius 1 is 1.32 bits per heavy atom. The number of fused-ring (bicyclic) bond motifs is 1. The van der Waals surface area contributed by atoms with Crippen molar-refractivity contribution in [1.82, 2.24) is 14.9 Å². The number of carbonyl (C=O) groups is 1. The molecule has 3 aliphatic rings. The van der Waals surface area contributed by atoms with Crippen LogP contribution in [0, 0.1) is 11.3 Å². The summed E-state index contributed by atoms with van der Waals surface area (Å²) >= 11 is 0. The Morgan fingerprint density at radius 3 is 2.79 bits per heavy atom. The third-order valence-electron chi connectivity index (χ3n) is 6.36. The lowest BCUT2D eigenvalue weighted by Crippen LogP contribution is -2.36. The van der Waals surface area contributed by atoms with Crippen LogP contribution >= 0.6 is 0 Å². The van der Waals surface area contributed by atoms with Crippen LogP contribution in [0.15, 0.2) is 18.2 Å². The molecule has 1 saturated heterocycles. The van der Waals surface area contributed by atoms with Crippen LogP contribution in [0.4, 0.5) is 10.5 Å². The quantitative estimate of drug-likeness (QED) is 0.829. The molecule has 0 spiro atoms. The highest BCUT2D eigenvalue weighted by atomic mass is 16.5. The molecule has 2 saturated carbocycles. The van der Waals surface area contributed by atoms with E-state index in [1.807, 2.05) is 18.2 Å². The Bertz CT molecular complexity index is 879. The number of amides is 1. The second-order valence-electron chi connectivity index (χ2n) is 8.51. The number of hydrogen-bond acceptors (Lipinski definition) is 5. The van der Waals surface area contributed by atoms with E-state index in [1.165, 1.54) is 32.1 Å². The Labute approximate surface area is 165 Å². The van der Waals surface area contributed by atoms with E-state index >= 15 is 0 Å². The number of nitrogens with one attached hydrogen (secondary N) is 1. The summed E-state index contributed by atoms with van der Waals surface area (Å²) in [4.78, 5) is 19.8. The maximum Gasteiger partial charge on any atom is 0.330 e. The lowest BCUT2D eigenvalue weighted by molar-refractivity contribution is 0.122. The number of ether oxygens (including phenoxy) is 2. The summed E-state index contributed by atoms with van der Waals surface area (Å²) in [6.45, 7) is 3.96. The van der Waals surface area contributed by atoms with Crippen LogP contribution in [0.2, 0.25) is 0 Å². The third-order valence-corrected chi connectivity index (χ3v) is 6.36. The van der Waals surface area contributed by atoms with Crippen LogP contribution < -0.4 is 15.0 Å². The molecular formula is C21H28N4O3. The minimum absolute atomic E-state index is 0.152. The summed E-state index contributed by atoms with van der Waals surface area (Å²) in [6.07, 6.45) is 6.45. The number of rotatable bonds is 6. The number of morpholine rings is 1. The minimum Gasteiger partial charge on any atom is -0.468 e. The first-order chi connectivity index (χ1) is 13.7. The molecule has 3 fully saturated rings. The Morgan fingerprint density at radius 2 is 2.11 bits per heavy atom. The Kier molecular flexibility index (Phi) is 4.42. The van der Waals surface area contributed by atoms with Crippen molar-refractivity contribution in [2.45, 2.75) is 32.1 Å². The summed E-state index contributed by atoms with van der Waals surface area (Å²) in [5, 5.41) is 3.14. The summed E-state index contributed by atoms with van der Waals surface area (Å²) < 4.78 is 12.4. The van der Waals surface area contributed by atoms with Crippen molar-refractivity contribution in [1.29, 1.82) is 0 Å². The van der Waals surface area contributed by atoms with Gasteiger partial charge < -0.3 is 19.7 Å². The van der Waals surface area contributed by atoms with E-state index in [0.717, 1.165) is 55.5 Å². The number of carbonyl (C=O) groups excluding carboxylic acids is 1. The topological polar surface area (TPSA) is 68.6 Å². The molecule has 1 amide bonds. The zero-order chi connectivity index (χ0) is 19.1. The van der Waals surface area contributed by atoms with Gasteiger partial charge in [0.15, 0.2) is 0 Å². The normalized spacial score (nSPS) is 21.0. The molecule has 1 aromatic heterocycles. The first-order valence-electron chi connectivity index (χ1n) is 10.3. The second-order valence-corrected chi connectivity index (χ2v) is 8.51. The highest BCUT2D eigenvalue weighted by Gasteiger charge is 2.46. The van der Waals surface area contributed by atoms with Crippen molar-refractivity contribution in [2.24, 2.45) is 11.3 Å². The standard InChI is InChI=1S/C21H28N4O3/c1-27-20-23-17-12-16(24-8-10-28-11-9-24)4-5-18(17)25(20)19(26)22-14-21(6-7-21)13-15-2-3-15/h4-5,12,15H,2-3,6-11,13-14H2,1H3,(H,22,26). The van der Waals surface area contributed by atoms with Crippen LogP contribution in [0.25, 0.3) is 11.0 Å². The van der Waals surface area contributed by atoms with Gasteiger partial charge in [0.25, 0.3) is 0 Å². The van der Waals surface area contributed by atoms with Crippen LogP contribution in [0.5, 0.6) is 6.01 Å². The number of nitrogens with zero attached hydrogens (tertiary/aromatic N) is 3. The van der Waals surface area contributed by atoms with Crippen molar-refractivity contribution in [3.8, 4) is 6.01 Å². The monoisotopic (exact) mass is 384 g/mol. The molecule has 7 heteroatoms. The molecule has 1 N–H and O–H groups in total. The van der Waals surface area contributed by atoms with Crippen molar-refractivity contribution < 1.29 is 14.3 Å². The fourth-order valence-electron chi connectivity index (χ4n) is 4.30. The number of benzene rings is 1. The molecule has 150 valence electrons. The molecule has 1 aromatic carbocycles. The number of imidazole rings is 1. The van der Waals surface area contributed by atoms with Gasteiger partial charge >= 0.3 is 12.0 Å².